The lowest BCUT2D eigenvalue weighted by Gasteiger charge is -2.10. The molecule has 0 unspecified atom stereocenters. The maximum atomic E-state index is 12.8. The van der Waals surface area contributed by atoms with Gasteiger partial charge in [-0.15, -0.1) is 0 Å². The number of ether oxygens (including phenoxy) is 1. The second-order valence-electron chi connectivity index (χ2n) is 3.73. The molecule has 0 aromatic heterocycles. The summed E-state index contributed by atoms with van der Waals surface area (Å²) in [5.74, 6) is -0.575. The van der Waals surface area contributed by atoms with Gasteiger partial charge in [-0.05, 0) is 29.0 Å². The molecule has 18 heavy (non-hydrogen) atoms. The Morgan fingerprint density at radius 2 is 1.89 bits per heavy atom. The molecule has 0 amide bonds. The zero-order valence-electron chi connectivity index (χ0n) is 9.41. The highest BCUT2D eigenvalue weighted by molar-refractivity contribution is 5.96. The molecule has 2 aromatic carbocycles. The summed E-state index contributed by atoms with van der Waals surface area (Å²) < 4.78 is 42.8. The Hall–Kier alpha value is -2.04. The predicted octanol–water partition coefficient (Wildman–Crippen LogP) is 3.65. The van der Waals surface area contributed by atoms with Gasteiger partial charge in [0.2, 0.25) is 0 Å². The van der Waals surface area contributed by atoms with E-state index in [-0.39, 0.29) is 10.9 Å². The Kier molecular flexibility index (Phi) is 2.98. The molecule has 2 aromatic rings. The lowest BCUT2D eigenvalue weighted by molar-refractivity contribution is -0.136. The molecule has 0 atom stereocenters. The van der Waals surface area contributed by atoms with Gasteiger partial charge in [0.15, 0.2) is 0 Å². The summed E-state index contributed by atoms with van der Waals surface area (Å²) in [5.41, 5.74) is -0.485. The van der Waals surface area contributed by atoms with E-state index in [4.69, 9.17) is 0 Å². The van der Waals surface area contributed by atoms with Crippen molar-refractivity contribution in [1.29, 1.82) is 0 Å². The first kappa shape index (κ1) is 12.4. The highest BCUT2D eigenvalue weighted by atomic mass is 19.4. The quantitative estimate of drug-likeness (QED) is 0.726. The summed E-state index contributed by atoms with van der Waals surface area (Å²) in [4.78, 5) is 11.3. The molecule has 0 spiro atoms. The van der Waals surface area contributed by atoms with Gasteiger partial charge in [-0.3, -0.25) is 0 Å². The molecule has 0 aliphatic heterocycles. The lowest BCUT2D eigenvalue weighted by Crippen LogP contribution is -2.06. The van der Waals surface area contributed by atoms with Crippen molar-refractivity contribution in [3.8, 4) is 0 Å². The summed E-state index contributed by atoms with van der Waals surface area (Å²) in [6.45, 7) is 0. The topological polar surface area (TPSA) is 26.3 Å². The molecule has 2 nitrogen and oxygen atoms in total. The fraction of sp³-hybridized carbons (Fsp3) is 0.154. The van der Waals surface area contributed by atoms with Crippen LogP contribution < -0.4 is 0 Å². The third kappa shape index (κ3) is 2.16. The Morgan fingerprint density at radius 3 is 2.50 bits per heavy atom. The van der Waals surface area contributed by atoms with Crippen molar-refractivity contribution >= 4 is 16.7 Å². The van der Waals surface area contributed by atoms with E-state index in [2.05, 4.69) is 4.74 Å². The van der Waals surface area contributed by atoms with Crippen molar-refractivity contribution in [3.05, 3.63) is 47.5 Å². The third-order valence-corrected chi connectivity index (χ3v) is 2.61. The molecule has 5 heteroatoms. The Balaban J connectivity index is 2.64. The maximum absolute atomic E-state index is 12.8. The van der Waals surface area contributed by atoms with Crippen LogP contribution in [0.4, 0.5) is 13.2 Å². The van der Waals surface area contributed by atoms with Crippen LogP contribution in [-0.4, -0.2) is 13.1 Å². The molecule has 0 radical (unpaired) electrons. The summed E-state index contributed by atoms with van der Waals surface area (Å²) in [7, 11) is 1.22. The Labute approximate surface area is 101 Å². The molecular formula is C13H9F3O2. The predicted molar refractivity (Wildman–Crippen MR) is 60.3 cm³/mol. The van der Waals surface area contributed by atoms with Crippen LogP contribution in [0.1, 0.15) is 15.9 Å². The number of hydrogen-bond acceptors (Lipinski definition) is 2. The molecule has 0 saturated heterocycles. The fourth-order valence-corrected chi connectivity index (χ4v) is 1.78. The van der Waals surface area contributed by atoms with Crippen molar-refractivity contribution < 1.29 is 22.7 Å². The van der Waals surface area contributed by atoms with Crippen LogP contribution in [0.3, 0.4) is 0 Å². The van der Waals surface area contributed by atoms with E-state index in [1.807, 2.05) is 0 Å². The second kappa shape index (κ2) is 4.33. The van der Waals surface area contributed by atoms with Crippen LogP contribution >= 0.6 is 0 Å². The molecule has 94 valence electrons. The zero-order valence-corrected chi connectivity index (χ0v) is 9.41. The van der Waals surface area contributed by atoms with Gasteiger partial charge in [0, 0.05) is 0 Å². The van der Waals surface area contributed by atoms with E-state index < -0.39 is 17.7 Å². The van der Waals surface area contributed by atoms with E-state index in [0.29, 0.717) is 5.39 Å². The molecule has 0 N–H and O–H groups in total. The van der Waals surface area contributed by atoms with Crippen LogP contribution in [0.15, 0.2) is 36.4 Å². The molecule has 0 heterocycles. The van der Waals surface area contributed by atoms with Gasteiger partial charge in [0.05, 0.1) is 18.2 Å². The largest absolute Gasteiger partial charge is 0.465 e. The number of esters is 1. The van der Waals surface area contributed by atoms with Gasteiger partial charge >= 0.3 is 12.1 Å². The number of carbonyl (C=O) groups excluding carboxylic acids is 1. The first-order valence-electron chi connectivity index (χ1n) is 5.12. The number of rotatable bonds is 1. The third-order valence-electron chi connectivity index (χ3n) is 2.61. The summed E-state index contributed by atoms with van der Waals surface area (Å²) in [6.07, 6.45) is -4.41. The van der Waals surface area contributed by atoms with Gasteiger partial charge < -0.3 is 4.74 Å². The number of halogens is 3. The van der Waals surface area contributed by atoms with Crippen LogP contribution in [0.25, 0.3) is 10.8 Å². The Morgan fingerprint density at radius 1 is 1.17 bits per heavy atom. The molecule has 0 aliphatic carbocycles. The highest BCUT2D eigenvalue weighted by Gasteiger charge is 2.32. The van der Waals surface area contributed by atoms with Crippen molar-refractivity contribution in [2.45, 2.75) is 6.18 Å². The zero-order chi connectivity index (χ0) is 13.3. The smallest absolute Gasteiger partial charge is 0.417 e. The number of benzene rings is 2. The normalized spacial score (nSPS) is 11.6. The van der Waals surface area contributed by atoms with E-state index in [1.54, 1.807) is 0 Å². The maximum Gasteiger partial charge on any atom is 0.417 e. The molecule has 0 saturated carbocycles. The summed E-state index contributed by atoms with van der Waals surface area (Å²) >= 11 is 0. The first-order valence-corrected chi connectivity index (χ1v) is 5.12. The molecule has 0 aliphatic rings. The standard InChI is InChI=1S/C13H9F3O2/c1-18-12(17)9-5-6-10-8(7-9)3-2-4-11(10)13(14,15)16/h2-7H,1H3. The minimum Gasteiger partial charge on any atom is -0.465 e. The monoisotopic (exact) mass is 254 g/mol. The van der Waals surface area contributed by atoms with Crippen LogP contribution in [0.5, 0.6) is 0 Å². The minimum absolute atomic E-state index is 0.0673. The highest BCUT2D eigenvalue weighted by Crippen LogP contribution is 2.34. The first-order chi connectivity index (χ1) is 8.43. The van der Waals surface area contributed by atoms with Crippen molar-refractivity contribution in [3.63, 3.8) is 0 Å². The number of methoxy groups -OCH3 is 1. The van der Waals surface area contributed by atoms with Crippen LogP contribution in [-0.2, 0) is 10.9 Å². The van der Waals surface area contributed by atoms with E-state index in [0.717, 1.165) is 6.07 Å². The van der Waals surface area contributed by atoms with E-state index in [9.17, 15) is 18.0 Å². The Bertz CT molecular complexity index is 603. The minimum atomic E-state index is -4.41. The molecule has 0 fully saturated rings. The lowest BCUT2D eigenvalue weighted by atomic mass is 10.0. The SMILES string of the molecule is COC(=O)c1ccc2c(C(F)(F)F)cccc2c1. The van der Waals surface area contributed by atoms with Crippen molar-refractivity contribution in [2.75, 3.05) is 7.11 Å². The summed E-state index contributed by atoms with van der Waals surface area (Å²) in [5, 5.41) is 0.422. The van der Waals surface area contributed by atoms with E-state index >= 15 is 0 Å². The molecule has 2 rings (SSSR count). The van der Waals surface area contributed by atoms with Gasteiger partial charge in [0.1, 0.15) is 0 Å². The average molecular weight is 254 g/mol. The van der Waals surface area contributed by atoms with Crippen LogP contribution in [0.2, 0.25) is 0 Å². The number of alkyl halides is 3. The van der Waals surface area contributed by atoms with Gasteiger partial charge in [-0.2, -0.15) is 13.2 Å². The van der Waals surface area contributed by atoms with Gasteiger partial charge in [-0.25, -0.2) is 4.79 Å². The second-order valence-corrected chi connectivity index (χ2v) is 3.73. The number of carbonyl (C=O) groups is 1. The average Bonchev–Trinajstić information content (AvgIpc) is 2.35. The van der Waals surface area contributed by atoms with Crippen LogP contribution in [0, 0.1) is 0 Å². The van der Waals surface area contributed by atoms with E-state index in [1.165, 1.54) is 37.4 Å². The van der Waals surface area contributed by atoms with Gasteiger partial charge in [0.25, 0.3) is 0 Å². The number of fused-ring (bicyclic) bond motifs is 1. The van der Waals surface area contributed by atoms with Gasteiger partial charge in [-0.1, -0.05) is 18.2 Å². The molecule has 0 bridgehead atoms. The summed E-state index contributed by atoms with van der Waals surface area (Å²) in [6, 6.07) is 7.84. The number of hydrogen-bond donors (Lipinski definition) is 0. The molecular weight excluding hydrogens is 245 g/mol. The van der Waals surface area contributed by atoms with Crippen molar-refractivity contribution in [1.82, 2.24) is 0 Å². The fourth-order valence-electron chi connectivity index (χ4n) is 1.78. The van der Waals surface area contributed by atoms with Crippen molar-refractivity contribution in [2.24, 2.45) is 0 Å².